The van der Waals surface area contributed by atoms with Crippen LogP contribution in [0.1, 0.15) is 24.0 Å². The van der Waals surface area contributed by atoms with Crippen LogP contribution in [0.4, 0.5) is 0 Å². The maximum Gasteiger partial charge on any atom is 0.223 e. The molecule has 1 amide bonds. The molecule has 0 aliphatic heterocycles. The minimum Gasteiger partial charge on any atom is -0.493 e. The molecule has 0 spiro atoms. The van der Waals surface area contributed by atoms with Gasteiger partial charge in [-0.3, -0.25) is 4.79 Å². The van der Waals surface area contributed by atoms with Gasteiger partial charge in [-0.25, -0.2) is 0 Å². The quantitative estimate of drug-likeness (QED) is 0.790. The van der Waals surface area contributed by atoms with E-state index in [0.29, 0.717) is 26.1 Å². The summed E-state index contributed by atoms with van der Waals surface area (Å²) in [5.74, 6) is 0.851. The maximum absolute atomic E-state index is 11.3. The van der Waals surface area contributed by atoms with Gasteiger partial charge in [0.15, 0.2) is 0 Å². The number of rotatable bonds is 6. The Bertz CT molecular complexity index is 418. The van der Waals surface area contributed by atoms with Crippen molar-refractivity contribution in [1.82, 2.24) is 5.32 Å². The third-order valence-corrected chi connectivity index (χ3v) is 3.13. The van der Waals surface area contributed by atoms with E-state index in [2.05, 4.69) is 17.4 Å². The third kappa shape index (κ3) is 3.47. The third-order valence-electron chi connectivity index (χ3n) is 3.13. The average molecular weight is 248 g/mol. The Morgan fingerprint density at radius 2 is 2.17 bits per heavy atom. The molecule has 3 N–H and O–H groups in total. The minimum absolute atomic E-state index is 0.0124. The summed E-state index contributed by atoms with van der Waals surface area (Å²) in [6.45, 7) is 1.41. The number of carbonyl (C=O) groups excluding carboxylic acids is 1. The molecule has 1 aromatic carbocycles. The number of benzene rings is 1. The Balaban J connectivity index is 1.75. The predicted molar refractivity (Wildman–Crippen MR) is 70.6 cm³/mol. The van der Waals surface area contributed by atoms with Crippen molar-refractivity contribution in [2.45, 2.75) is 25.7 Å². The fourth-order valence-electron chi connectivity index (χ4n) is 2.20. The van der Waals surface area contributed by atoms with Crippen LogP contribution in [0.15, 0.2) is 18.2 Å². The average Bonchev–Trinajstić information content (AvgIpc) is 2.83. The zero-order valence-corrected chi connectivity index (χ0v) is 10.6. The highest BCUT2D eigenvalue weighted by Crippen LogP contribution is 2.25. The lowest BCUT2D eigenvalue weighted by atomic mass is 10.1. The SMILES string of the molecule is NCCNC(=O)CCOc1ccc2c(c1)CCC2. The molecule has 0 unspecified atom stereocenters. The van der Waals surface area contributed by atoms with Crippen LogP contribution in [0, 0.1) is 0 Å². The molecule has 0 bridgehead atoms. The number of ether oxygens (including phenoxy) is 1. The topological polar surface area (TPSA) is 64.3 Å². The van der Waals surface area contributed by atoms with E-state index in [1.54, 1.807) is 0 Å². The van der Waals surface area contributed by atoms with Gasteiger partial charge in [0.25, 0.3) is 0 Å². The largest absolute Gasteiger partial charge is 0.493 e. The fourth-order valence-corrected chi connectivity index (χ4v) is 2.20. The molecular weight excluding hydrogens is 228 g/mol. The van der Waals surface area contributed by atoms with Crippen molar-refractivity contribution in [2.75, 3.05) is 19.7 Å². The number of fused-ring (bicyclic) bond motifs is 1. The maximum atomic E-state index is 11.3. The molecule has 1 aliphatic rings. The molecule has 1 aliphatic carbocycles. The number of nitrogens with one attached hydrogen (secondary N) is 1. The number of aryl methyl sites for hydroxylation is 2. The van der Waals surface area contributed by atoms with E-state index in [1.807, 2.05) is 6.07 Å². The first kappa shape index (κ1) is 12.9. The summed E-state index contributed by atoms with van der Waals surface area (Å²) in [6.07, 6.45) is 3.93. The fraction of sp³-hybridized carbons (Fsp3) is 0.500. The van der Waals surface area contributed by atoms with Crippen molar-refractivity contribution in [2.24, 2.45) is 5.73 Å². The van der Waals surface area contributed by atoms with Gasteiger partial charge in [-0.15, -0.1) is 0 Å². The zero-order valence-electron chi connectivity index (χ0n) is 10.6. The Hall–Kier alpha value is -1.55. The van der Waals surface area contributed by atoms with Crippen molar-refractivity contribution in [1.29, 1.82) is 0 Å². The Kier molecular flexibility index (Phi) is 4.59. The number of amides is 1. The van der Waals surface area contributed by atoms with Crippen LogP contribution in [-0.2, 0) is 17.6 Å². The van der Waals surface area contributed by atoms with Crippen molar-refractivity contribution in [3.05, 3.63) is 29.3 Å². The molecule has 0 radical (unpaired) electrons. The summed E-state index contributed by atoms with van der Waals surface area (Å²) in [5.41, 5.74) is 8.12. The molecule has 0 heterocycles. The van der Waals surface area contributed by atoms with E-state index in [1.165, 1.54) is 24.0 Å². The van der Waals surface area contributed by atoms with E-state index in [9.17, 15) is 4.79 Å². The lowest BCUT2D eigenvalue weighted by Gasteiger charge is -2.08. The molecule has 4 nitrogen and oxygen atoms in total. The lowest BCUT2D eigenvalue weighted by Crippen LogP contribution is -2.29. The van der Waals surface area contributed by atoms with Gasteiger partial charge >= 0.3 is 0 Å². The van der Waals surface area contributed by atoms with Crippen LogP contribution in [0.2, 0.25) is 0 Å². The monoisotopic (exact) mass is 248 g/mol. The van der Waals surface area contributed by atoms with E-state index < -0.39 is 0 Å². The second-order valence-electron chi connectivity index (χ2n) is 4.52. The lowest BCUT2D eigenvalue weighted by molar-refractivity contribution is -0.121. The molecule has 2 rings (SSSR count). The van der Waals surface area contributed by atoms with E-state index >= 15 is 0 Å². The summed E-state index contributed by atoms with van der Waals surface area (Å²) >= 11 is 0. The Morgan fingerprint density at radius 3 is 3.00 bits per heavy atom. The second-order valence-corrected chi connectivity index (χ2v) is 4.52. The van der Waals surface area contributed by atoms with Gasteiger partial charge in [0.2, 0.25) is 5.91 Å². The van der Waals surface area contributed by atoms with Gasteiger partial charge in [0, 0.05) is 13.1 Å². The first-order valence-electron chi connectivity index (χ1n) is 6.51. The van der Waals surface area contributed by atoms with Crippen molar-refractivity contribution >= 4 is 5.91 Å². The zero-order chi connectivity index (χ0) is 12.8. The van der Waals surface area contributed by atoms with Crippen LogP contribution in [0.5, 0.6) is 5.75 Å². The van der Waals surface area contributed by atoms with Gasteiger partial charge in [-0.2, -0.15) is 0 Å². The molecule has 4 heteroatoms. The summed E-state index contributed by atoms with van der Waals surface area (Å²) in [5, 5.41) is 2.72. The summed E-state index contributed by atoms with van der Waals surface area (Å²) in [4.78, 5) is 11.3. The summed E-state index contributed by atoms with van der Waals surface area (Å²) in [6, 6.07) is 6.22. The van der Waals surface area contributed by atoms with Gasteiger partial charge in [0.1, 0.15) is 5.75 Å². The highest BCUT2D eigenvalue weighted by atomic mass is 16.5. The first-order chi connectivity index (χ1) is 8.79. The van der Waals surface area contributed by atoms with Crippen LogP contribution >= 0.6 is 0 Å². The van der Waals surface area contributed by atoms with Gasteiger partial charge in [-0.05, 0) is 42.5 Å². The van der Waals surface area contributed by atoms with Crippen molar-refractivity contribution in [3.63, 3.8) is 0 Å². The van der Waals surface area contributed by atoms with Crippen LogP contribution in [0.3, 0.4) is 0 Å². The molecule has 98 valence electrons. The molecule has 0 saturated carbocycles. The van der Waals surface area contributed by atoms with Gasteiger partial charge < -0.3 is 15.8 Å². The highest BCUT2D eigenvalue weighted by molar-refractivity contribution is 5.75. The van der Waals surface area contributed by atoms with Crippen molar-refractivity contribution < 1.29 is 9.53 Å². The Labute approximate surface area is 108 Å². The van der Waals surface area contributed by atoms with Gasteiger partial charge in [0.05, 0.1) is 13.0 Å². The second kappa shape index (κ2) is 6.40. The molecule has 0 saturated heterocycles. The van der Waals surface area contributed by atoms with Crippen molar-refractivity contribution in [3.8, 4) is 5.75 Å². The molecule has 0 aromatic heterocycles. The predicted octanol–water partition coefficient (Wildman–Crippen LogP) is 1.02. The Morgan fingerprint density at radius 1 is 1.33 bits per heavy atom. The number of carbonyl (C=O) groups is 1. The number of hydrogen-bond acceptors (Lipinski definition) is 3. The molecule has 18 heavy (non-hydrogen) atoms. The normalized spacial score (nSPS) is 13.2. The molecule has 1 aromatic rings. The van der Waals surface area contributed by atoms with E-state index in [4.69, 9.17) is 10.5 Å². The van der Waals surface area contributed by atoms with Gasteiger partial charge in [-0.1, -0.05) is 6.07 Å². The number of nitrogens with two attached hydrogens (primary N) is 1. The standard InChI is InChI=1S/C14H20N2O2/c15-7-8-16-14(17)6-9-18-13-5-4-11-2-1-3-12(11)10-13/h4-5,10H,1-3,6-9,15H2,(H,16,17). The number of hydrogen-bond donors (Lipinski definition) is 2. The summed E-state index contributed by atoms with van der Waals surface area (Å²) < 4.78 is 5.59. The van der Waals surface area contributed by atoms with Crippen LogP contribution < -0.4 is 15.8 Å². The molecular formula is C14H20N2O2. The minimum atomic E-state index is -0.0124. The molecule has 0 fully saturated rings. The highest BCUT2D eigenvalue weighted by Gasteiger charge is 2.11. The molecule has 0 atom stereocenters. The van der Waals surface area contributed by atoms with E-state index in [0.717, 1.165) is 12.2 Å². The summed E-state index contributed by atoms with van der Waals surface area (Å²) in [7, 11) is 0. The smallest absolute Gasteiger partial charge is 0.223 e. The first-order valence-corrected chi connectivity index (χ1v) is 6.51. The van der Waals surface area contributed by atoms with Crippen LogP contribution in [0.25, 0.3) is 0 Å². The van der Waals surface area contributed by atoms with E-state index in [-0.39, 0.29) is 5.91 Å². The van der Waals surface area contributed by atoms with Crippen LogP contribution in [-0.4, -0.2) is 25.6 Å².